The standard InChI is InChI=1S/C12H12BrNS/c1-9-3-2-4-10(7-9)14-8-12-11(13)5-6-15-12/h2-7,14H,8H2,1H3. The SMILES string of the molecule is Cc1cccc(NCc2sccc2Br)c1. The van der Waals surface area contributed by atoms with Crippen molar-refractivity contribution in [3.63, 3.8) is 0 Å². The van der Waals surface area contributed by atoms with Crippen LogP contribution in [0.3, 0.4) is 0 Å². The quantitative estimate of drug-likeness (QED) is 0.878. The zero-order chi connectivity index (χ0) is 10.7. The normalized spacial score (nSPS) is 10.3. The van der Waals surface area contributed by atoms with Crippen LogP contribution in [0.4, 0.5) is 5.69 Å². The van der Waals surface area contributed by atoms with Crippen molar-refractivity contribution in [3.8, 4) is 0 Å². The van der Waals surface area contributed by atoms with Crippen molar-refractivity contribution in [3.05, 3.63) is 50.6 Å². The van der Waals surface area contributed by atoms with Crippen molar-refractivity contribution in [1.29, 1.82) is 0 Å². The minimum Gasteiger partial charge on any atom is -0.380 e. The Kier molecular flexibility index (Phi) is 3.44. The predicted octanol–water partition coefficient (Wildman–Crippen LogP) is 4.43. The summed E-state index contributed by atoms with van der Waals surface area (Å²) in [7, 11) is 0. The Labute approximate surface area is 102 Å². The second kappa shape index (κ2) is 4.81. The van der Waals surface area contributed by atoms with Gasteiger partial charge in [0.2, 0.25) is 0 Å². The number of aryl methyl sites for hydroxylation is 1. The van der Waals surface area contributed by atoms with E-state index in [1.165, 1.54) is 20.6 Å². The average Bonchev–Trinajstić information content (AvgIpc) is 2.61. The van der Waals surface area contributed by atoms with Gasteiger partial charge in [0, 0.05) is 15.0 Å². The van der Waals surface area contributed by atoms with E-state index in [9.17, 15) is 0 Å². The number of hydrogen-bond donors (Lipinski definition) is 1. The van der Waals surface area contributed by atoms with E-state index in [4.69, 9.17) is 0 Å². The van der Waals surface area contributed by atoms with Crippen molar-refractivity contribution >= 4 is 33.0 Å². The number of hydrogen-bond acceptors (Lipinski definition) is 2. The van der Waals surface area contributed by atoms with E-state index in [0.29, 0.717) is 0 Å². The molecule has 0 unspecified atom stereocenters. The smallest absolute Gasteiger partial charge is 0.0505 e. The summed E-state index contributed by atoms with van der Waals surface area (Å²) in [5, 5.41) is 5.50. The number of anilines is 1. The molecule has 0 amide bonds. The molecule has 15 heavy (non-hydrogen) atoms. The highest BCUT2D eigenvalue weighted by Crippen LogP contribution is 2.23. The first-order valence-electron chi connectivity index (χ1n) is 4.78. The summed E-state index contributed by atoms with van der Waals surface area (Å²) in [6.07, 6.45) is 0. The first-order chi connectivity index (χ1) is 7.25. The summed E-state index contributed by atoms with van der Waals surface area (Å²) in [5.74, 6) is 0. The number of halogens is 1. The van der Waals surface area contributed by atoms with Gasteiger partial charge < -0.3 is 5.32 Å². The molecule has 0 atom stereocenters. The van der Waals surface area contributed by atoms with E-state index < -0.39 is 0 Å². The summed E-state index contributed by atoms with van der Waals surface area (Å²) < 4.78 is 1.19. The lowest BCUT2D eigenvalue weighted by molar-refractivity contribution is 1.18. The Bertz CT molecular complexity index is 450. The lowest BCUT2D eigenvalue weighted by Crippen LogP contribution is -1.97. The van der Waals surface area contributed by atoms with Crippen molar-refractivity contribution in [1.82, 2.24) is 0 Å². The Morgan fingerprint density at radius 3 is 2.87 bits per heavy atom. The van der Waals surface area contributed by atoms with Crippen LogP contribution in [0.5, 0.6) is 0 Å². The van der Waals surface area contributed by atoms with E-state index in [1.807, 2.05) is 0 Å². The number of nitrogens with one attached hydrogen (secondary N) is 1. The van der Waals surface area contributed by atoms with Gasteiger partial charge in [0.05, 0.1) is 6.54 Å². The van der Waals surface area contributed by atoms with E-state index >= 15 is 0 Å². The molecule has 78 valence electrons. The third-order valence-corrected chi connectivity index (χ3v) is 4.09. The van der Waals surface area contributed by atoms with Crippen LogP contribution < -0.4 is 5.32 Å². The molecular formula is C12H12BrNS. The maximum Gasteiger partial charge on any atom is 0.0505 e. The summed E-state index contributed by atoms with van der Waals surface area (Å²) in [5.41, 5.74) is 2.46. The average molecular weight is 282 g/mol. The molecule has 0 radical (unpaired) electrons. The van der Waals surface area contributed by atoms with Gasteiger partial charge in [0.1, 0.15) is 0 Å². The third kappa shape index (κ3) is 2.83. The molecule has 1 aromatic heterocycles. The van der Waals surface area contributed by atoms with Gasteiger partial charge in [-0.05, 0) is 52.0 Å². The summed E-state index contributed by atoms with van der Waals surface area (Å²) in [6.45, 7) is 2.98. The second-order valence-electron chi connectivity index (χ2n) is 3.41. The summed E-state index contributed by atoms with van der Waals surface area (Å²) in [4.78, 5) is 1.33. The molecule has 0 spiro atoms. The van der Waals surface area contributed by atoms with Gasteiger partial charge in [-0.25, -0.2) is 0 Å². The first kappa shape index (κ1) is 10.7. The van der Waals surface area contributed by atoms with Crippen LogP contribution in [-0.4, -0.2) is 0 Å². The molecule has 0 aliphatic carbocycles. The minimum atomic E-state index is 0.877. The lowest BCUT2D eigenvalue weighted by Gasteiger charge is -2.05. The van der Waals surface area contributed by atoms with E-state index in [-0.39, 0.29) is 0 Å². The molecule has 3 heteroatoms. The molecule has 2 aromatic rings. The van der Waals surface area contributed by atoms with Gasteiger partial charge in [-0.2, -0.15) is 0 Å². The Morgan fingerprint density at radius 1 is 1.33 bits per heavy atom. The minimum absolute atomic E-state index is 0.877. The Morgan fingerprint density at radius 2 is 2.20 bits per heavy atom. The van der Waals surface area contributed by atoms with Crippen LogP contribution in [0.2, 0.25) is 0 Å². The van der Waals surface area contributed by atoms with Gasteiger partial charge in [0.15, 0.2) is 0 Å². The molecule has 1 aromatic carbocycles. The van der Waals surface area contributed by atoms with Gasteiger partial charge in [-0.3, -0.25) is 0 Å². The van der Waals surface area contributed by atoms with Gasteiger partial charge >= 0.3 is 0 Å². The van der Waals surface area contributed by atoms with Crippen molar-refractivity contribution in [2.24, 2.45) is 0 Å². The zero-order valence-electron chi connectivity index (χ0n) is 8.46. The van der Waals surface area contributed by atoms with Gasteiger partial charge in [0.25, 0.3) is 0 Å². The monoisotopic (exact) mass is 281 g/mol. The van der Waals surface area contributed by atoms with E-state index in [1.54, 1.807) is 11.3 Å². The third-order valence-electron chi connectivity index (χ3n) is 2.16. The molecule has 1 heterocycles. The maximum atomic E-state index is 3.52. The van der Waals surface area contributed by atoms with E-state index in [2.05, 4.69) is 63.9 Å². The van der Waals surface area contributed by atoms with E-state index in [0.717, 1.165) is 6.54 Å². The van der Waals surface area contributed by atoms with Crippen LogP contribution in [0.25, 0.3) is 0 Å². The van der Waals surface area contributed by atoms with Crippen LogP contribution in [0.1, 0.15) is 10.4 Å². The molecule has 2 rings (SSSR count). The first-order valence-corrected chi connectivity index (χ1v) is 6.45. The summed E-state index contributed by atoms with van der Waals surface area (Å²) >= 11 is 5.29. The molecule has 0 aliphatic heterocycles. The molecular weight excluding hydrogens is 270 g/mol. The second-order valence-corrected chi connectivity index (χ2v) is 5.27. The summed E-state index contributed by atoms with van der Waals surface area (Å²) in [6, 6.07) is 10.5. The molecule has 0 fully saturated rings. The topological polar surface area (TPSA) is 12.0 Å². The van der Waals surface area contributed by atoms with Gasteiger partial charge in [-0.15, -0.1) is 11.3 Å². The Balaban J connectivity index is 2.02. The largest absolute Gasteiger partial charge is 0.380 e. The highest BCUT2D eigenvalue weighted by atomic mass is 79.9. The fraction of sp³-hybridized carbons (Fsp3) is 0.167. The van der Waals surface area contributed by atoms with Crippen LogP contribution in [-0.2, 0) is 6.54 Å². The maximum absolute atomic E-state index is 3.52. The van der Waals surface area contributed by atoms with Gasteiger partial charge in [-0.1, -0.05) is 12.1 Å². The zero-order valence-corrected chi connectivity index (χ0v) is 10.9. The number of benzene rings is 1. The highest BCUT2D eigenvalue weighted by molar-refractivity contribution is 9.10. The van der Waals surface area contributed by atoms with Crippen molar-refractivity contribution in [2.75, 3.05) is 5.32 Å². The van der Waals surface area contributed by atoms with Crippen LogP contribution in [0.15, 0.2) is 40.2 Å². The molecule has 0 aliphatic rings. The highest BCUT2D eigenvalue weighted by Gasteiger charge is 2.00. The Hall–Kier alpha value is -0.800. The molecule has 0 bridgehead atoms. The number of rotatable bonds is 3. The molecule has 1 N–H and O–H groups in total. The lowest BCUT2D eigenvalue weighted by atomic mass is 10.2. The fourth-order valence-electron chi connectivity index (χ4n) is 1.39. The molecule has 0 saturated carbocycles. The molecule has 1 nitrogen and oxygen atoms in total. The van der Waals surface area contributed by atoms with Crippen molar-refractivity contribution < 1.29 is 0 Å². The predicted molar refractivity (Wildman–Crippen MR) is 70.5 cm³/mol. The van der Waals surface area contributed by atoms with Crippen molar-refractivity contribution in [2.45, 2.75) is 13.5 Å². The molecule has 0 saturated heterocycles. The van der Waals surface area contributed by atoms with Crippen LogP contribution >= 0.6 is 27.3 Å². The number of thiophene rings is 1. The fourth-order valence-corrected chi connectivity index (χ4v) is 2.82. The van der Waals surface area contributed by atoms with Crippen LogP contribution in [0, 0.1) is 6.92 Å².